The highest BCUT2D eigenvalue weighted by atomic mass is 17.2. The molecule has 0 aliphatic heterocycles. The SMILES string of the molecule is CCCCCCCCCCCCCCOOC(=O)c1ccccc1OCC. The van der Waals surface area contributed by atoms with Crippen molar-refractivity contribution in [1.82, 2.24) is 0 Å². The molecule has 154 valence electrons. The second-order valence-electron chi connectivity index (χ2n) is 7.01. The van der Waals surface area contributed by atoms with Gasteiger partial charge in [0.1, 0.15) is 11.3 Å². The number of carbonyl (C=O) groups excluding carboxylic acids is 1. The lowest BCUT2D eigenvalue weighted by molar-refractivity contribution is -0.241. The average Bonchev–Trinajstić information content (AvgIpc) is 2.68. The van der Waals surface area contributed by atoms with Crippen LogP contribution in [0.25, 0.3) is 0 Å². The highest BCUT2D eigenvalue weighted by Crippen LogP contribution is 2.19. The van der Waals surface area contributed by atoms with Crippen LogP contribution in [-0.2, 0) is 9.78 Å². The molecule has 0 aliphatic carbocycles. The van der Waals surface area contributed by atoms with Gasteiger partial charge in [-0.2, -0.15) is 4.89 Å². The molecule has 0 aliphatic rings. The van der Waals surface area contributed by atoms with Gasteiger partial charge in [0.15, 0.2) is 0 Å². The van der Waals surface area contributed by atoms with Crippen molar-refractivity contribution in [3.63, 3.8) is 0 Å². The molecule has 0 N–H and O–H groups in total. The van der Waals surface area contributed by atoms with Gasteiger partial charge in [-0.15, -0.1) is 0 Å². The van der Waals surface area contributed by atoms with E-state index < -0.39 is 5.97 Å². The van der Waals surface area contributed by atoms with Gasteiger partial charge in [0.25, 0.3) is 0 Å². The molecule has 0 spiro atoms. The Morgan fingerprint density at radius 3 is 1.93 bits per heavy atom. The summed E-state index contributed by atoms with van der Waals surface area (Å²) in [6, 6.07) is 7.05. The lowest BCUT2D eigenvalue weighted by Gasteiger charge is -2.08. The first-order valence-corrected chi connectivity index (χ1v) is 10.8. The summed E-state index contributed by atoms with van der Waals surface area (Å²) in [7, 11) is 0. The van der Waals surface area contributed by atoms with Crippen molar-refractivity contribution in [2.24, 2.45) is 0 Å². The van der Waals surface area contributed by atoms with Crippen molar-refractivity contribution in [2.45, 2.75) is 90.9 Å². The average molecular weight is 379 g/mol. The second-order valence-corrected chi connectivity index (χ2v) is 7.01. The smallest absolute Gasteiger partial charge is 0.376 e. The zero-order chi connectivity index (χ0) is 19.6. The molecule has 1 aromatic carbocycles. The third kappa shape index (κ3) is 11.7. The van der Waals surface area contributed by atoms with E-state index in [4.69, 9.17) is 14.5 Å². The summed E-state index contributed by atoms with van der Waals surface area (Å²) in [6.07, 6.45) is 15.5. The van der Waals surface area contributed by atoms with Crippen LogP contribution in [0.15, 0.2) is 24.3 Å². The largest absolute Gasteiger partial charge is 0.493 e. The quantitative estimate of drug-likeness (QED) is 0.168. The topological polar surface area (TPSA) is 44.8 Å². The third-order valence-corrected chi connectivity index (χ3v) is 4.62. The van der Waals surface area contributed by atoms with Crippen molar-refractivity contribution >= 4 is 5.97 Å². The number of hydrogen-bond donors (Lipinski definition) is 0. The van der Waals surface area contributed by atoms with Crippen LogP contribution in [0, 0.1) is 0 Å². The van der Waals surface area contributed by atoms with E-state index in [1.54, 1.807) is 18.2 Å². The van der Waals surface area contributed by atoms with Gasteiger partial charge in [-0.25, -0.2) is 4.79 Å². The van der Waals surface area contributed by atoms with E-state index in [9.17, 15) is 4.79 Å². The summed E-state index contributed by atoms with van der Waals surface area (Å²) in [5.41, 5.74) is 0.397. The van der Waals surface area contributed by atoms with Crippen molar-refractivity contribution in [1.29, 1.82) is 0 Å². The van der Waals surface area contributed by atoms with Gasteiger partial charge in [0, 0.05) is 0 Å². The normalized spacial score (nSPS) is 10.7. The molecule has 0 fully saturated rings. The fraction of sp³-hybridized carbons (Fsp3) is 0.696. The monoisotopic (exact) mass is 378 g/mol. The standard InChI is InChI=1S/C23H38O4/c1-3-5-6-7-8-9-10-11-12-13-14-17-20-26-27-23(24)21-18-15-16-19-22(21)25-4-2/h15-16,18-19H,3-14,17,20H2,1-2H3. The molecule has 1 rings (SSSR count). The summed E-state index contributed by atoms with van der Waals surface area (Å²) in [5.74, 6) is 0.0250. The van der Waals surface area contributed by atoms with Gasteiger partial charge < -0.3 is 4.74 Å². The first-order valence-electron chi connectivity index (χ1n) is 10.8. The Kier molecular flexibility index (Phi) is 14.5. The molecule has 0 heterocycles. The van der Waals surface area contributed by atoms with Crippen LogP contribution in [0.2, 0.25) is 0 Å². The van der Waals surface area contributed by atoms with Crippen molar-refractivity contribution in [3.05, 3.63) is 29.8 Å². The maximum Gasteiger partial charge on any atom is 0.376 e. The van der Waals surface area contributed by atoms with Crippen molar-refractivity contribution in [2.75, 3.05) is 13.2 Å². The van der Waals surface area contributed by atoms with Crippen LogP contribution in [-0.4, -0.2) is 19.2 Å². The number of rotatable bonds is 17. The summed E-state index contributed by atoms with van der Waals surface area (Å²) in [4.78, 5) is 22.0. The van der Waals surface area contributed by atoms with Gasteiger partial charge in [-0.05, 0) is 25.5 Å². The van der Waals surface area contributed by atoms with E-state index in [-0.39, 0.29) is 0 Å². The molecule has 0 radical (unpaired) electrons. The predicted octanol–water partition coefficient (Wildman–Crippen LogP) is 6.87. The number of hydrogen-bond acceptors (Lipinski definition) is 4. The first kappa shape index (κ1) is 23.5. The Balaban J connectivity index is 1.95. The lowest BCUT2D eigenvalue weighted by atomic mass is 10.1. The number of ether oxygens (including phenoxy) is 1. The van der Waals surface area contributed by atoms with Gasteiger partial charge in [0.2, 0.25) is 0 Å². The van der Waals surface area contributed by atoms with Crippen LogP contribution < -0.4 is 4.74 Å². The number of para-hydroxylation sites is 1. The van der Waals surface area contributed by atoms with Crippen LogP contribution in [0.4, 0.5) is 0 Å². The maximum absolute atomic E-state index is 12.0. The molecule has 0 amide bonds. The van der Waals surface area contributed by atoms with Crippen molar-refractivity contribution in [3.8, 4) is 5.75 Å². The van der Waals surface area contributed by atoms with Gasteiger partial charge in [0.05, 0.1) is 13.2 Å². The van der Waals surface area contributed by atoms with Gasteiger partial charge >= 0.3 is 5.97 Å². The van der Waals surface area contributed by atoms with E-state index in [1.165, 1.54) is 64.2 Å². The molecule has 4 heteroatoms. The second kappa shape index (κ2) is 16.6. The molecule has 0 saturated carbocycles. The fourth-order valence-electron chi connectivity index (χ4n) is 3.06. The van der Waals surface area contributed by atoms with E-state index >= 15 is 0 Å². The molecular weight excluding hydrogens is 340 g/mol. The number of benzene rings is 1. The Morgan fingerprint density at radius 1 is 0.778 bits per heavy atom. The fourth-order valence-corrected chi connectivity index (χ4v) is 3.06. The van der Waals surface area contributed by atoms with E-state index in [0.29, 0.717) is 24.5 Å². The molecule has 0 aromatic heterocycles. The molecule has 0 unspecified atom stereocenters. The van der Waals surface area contributed by atoms with Gasteiger partial charge in [-0.1, -0.05) is 89.7 Å². The Bertz CT molecular complexity index is 487. The molecule has 0 bridgehead atoms. The summed E-state index contributed by atoms with van der Waals surface area (Å²) < 4.78 is 5.43. The minimum atomic E-state index is -0.502. The predicted molar refractivity (Wildman–Crippen MR) is 110 cm³/mol. The molecule has 0 atom stereocenters. The minimum absolute atomic E-state index is 0.397. The van der Waals surface area contributed by atoms with E-state index in [2.05, 4.69) is 6.92 Å². The van der Waals surface area contributed by atoms with Crippen LogP contribution in [0.3, 0.4) is 0 Å². The Labute approximate surface area is 165 Å². The van der Waals surface area contributed by atoms with Crippen LogP contribution in [0.5, 0.6) is 5.75 Å². The zero-order valence-corrected chi connectivity index (χ0v) is 17.3. The van der Waals surface area contributed by atoms with Crippen molar-refractivity contribution < 1.29 is 19.3 Å². The van der Waals surface area contributed by atoms with Crippen LogP contribution in [0.1, 0.15) is 101 Å². The summed E-state index contributed by atoms with van der Waals surface area (Å²) in [6.45, 7) is 5.09. The van der Waals surface area contributed by atoms with E-state index in [0.717, 1.165) is 12.8 Å². The molecule has 0 saturated heterocycles. The Morgan fingerprint density at radius 2 is 1.33 bits per heavy atom. The molecule has 27 heavy (non-hydrogen) atoms. The highest BCUT2D eigenvalue weighted by molar-refractivity contribution is 5.92. The maximum atomic E-state index is 12.0. The third-order valence-electron chi connectivity index (χ3n) is 4.62. The number of carbonyl (C=O) groups is 1. The minimum Gasteiger partial charge on any atom is -0.493 e. The number of unbranched alkanes of at least 4 members (excludes halogenated alkanes) is 11. The summed E-state index contributed by atoms with van der Waals surface area (Å²) in [5, 5.41) is 0. The summed E-state index contributed by atoms with van der Waals surface area (Å²) >= 11 is 0. The zero-order valence-electron chi connectivity index (χ0n) is 17.3. The Hall–Kier alpha value is -1.55. The van der Waals surface area contributed by atoms with Gasteiger partial charge in [-0.3, -0.25) is 4.89 Å². The van der Waals surface area contributed by atoms with E-state index in [1.807, 2.05) is 13.0 Å². The first-order chi connectivity index (χ1) is 13.3. The molecule has 1 aromatic rings. The molecular formula is C23H38O4. The van der Waals surface area contributed by atoms with Crippen LogP contribution >= 0.6 is 0 Å². The lowest BCUT2D eigenvalue weighted by Crippen LogP contribution is -2.09. The highest BCUT2D eigenvalue weighted by Gasteiger charge is 2.14. The molecule has 4 nitrogen and oxygen atoms in total.